The molecule has 0 heterocycles. The van der Waals surface area contributed by atoms with Gasteiger partial charge in [0.1, 0.15) is 17.6 Å². The lowest BCUT2D eigenvalue weighted by Crippen LogP contribution is -2.29. The van der Waals surface area contributed by atoms with E-state index < -0.39 is 0 Å². The third kappa shape index (κ3) is 3.85. The van der Waals surface area contributed by atoms with Crippen LogP contribution in [0.25, 0.3) is 0 Å². The monoisotopic (exact) mass is 265 g/mol. The minimum atomic E-state index is 0.219. The van der Waals surface area contributed by atoms with Crippen molar-refractivity contribution >= 4 is 0 Å². The standard InChI is InChI=1S/C15H23NO3/c1-17-12-4-3-5-13(8-12)19-15-7-11(10-16)6-14(9-15)18-2/h6-7,9,12-13H,3-5,8,10,16H2,1-2H3. The van der Waals surface area contributed by atoms with E-state index in [0.717, 1.165) is 42.7 Å². The predicted octanol–water partition coefficient (Wildman–Crippen LogP) is 2.49. The third-order valence-corrected chi connectivity index (χ3v) is 3.63. The van der Waals surface area contributed by atoms with Gasteiger partial charge in [-0.05, 0) is 37.0 Å². The molecule has 19 heavy (non-hydrogen) atoms. The summed E-state index contributed by atoms with van der Waals surface area (Å²) in [5.41, 5.74) is 6.71. The third-order valence-electron chi connectivity index (χ3n) is 3.63. The highest BCUT2D eigenvalue weighted by atomic mass is 16.5. The first-order chi connectivity index (χ1) is 9.25. The number of rotatable bonds is 5. The summed E-state index contributed by atoms with van der Waals surface area (Å²) in [5, 5.41) is 0. The van der Waals surface area contributed by atoms with Crippen molar-refractivity contribution in [3.8, 4) is 11.5 Å². The maximum atomic E-state index is 6.06. The summed E-state index contributed by atoms with van der Waals surface area (Å²) in [4.78, 5) is 0. The smallest absolute Gasteiger partial charge is 0.123 e. The fourth-order valence-corrected chi connectivity index (χ4v) is 2.55. The Morgan fingerprint density at radius 3 is 2.53 bits per heavy atom. The largest absolute Gasteiger partial charge is 0.497 e. The van der Waals surface area contributed by atoms with E-state index in [4.69, 9.17) is 19.9 Å². The number of hydrogen-bond donors (Lipinski definition) is 1. The number of methoxy groups -OCH3 is 2. The molecule has 2 N–H and O–H groups in total. The van der Waals surface area contributed by atoms with Crippen molar-refractivity contribution in [1.82, 2.24) is 0 Å². The van der Waals surface area contributed by atoms with Gasteiger partial charge in [-0.3, -0.25) is 0 Å². The second kappa shape index (κ2) is 6.78. The van der Waals surface area contributed by atoms with Gasteiger partial charge in [-0.15, -0.1) is 0 Å². The van der Waals surface area contributed by atoms with Gasteiger partial charge in [0.05, 0.1) is 13.2 Å². The Hall–Kier alpha value is -1.26. The van der Waals surface area contributed by atoms with Gasteiger partial charge in [0, 0.05) is 26.1 Å². The van der Waals surface area contributed by atoms with Crippen molar-refractivity contribution in [3.05, 3.63) is 23.8 Å². The van der Waals surface area contributed by atoms with Crippen LogP contribution < -0.4 is 15.2 Å². The van der Waals surface area contributed by atoms with Crippen LogP contribution in [0.5, 0.6) is 11.5 Å². The predicted molar refractivity (Wildman–Crippen MR) is 74.6 cm³/mol. The van der Waals surface area contributed by atoms with Gasteiger partial charge in [-0.2, -0.15) is 0 Å². The molecule has 2 atom stereocenters. The van der Waals surface area contributed by atoms with Crippen molar-refractivity contribution < 1.29 is 14.2 Å². The molecule has 1 fully saturated rings. The second-order valence-electron chi connectivity index (χ2n) is 4.99. The normalized spacial score (nSPS) is 23.1. The number of hydrogen-bond acceptors (Lipinski definition) is 4. The van der Waals surface area contributed by atoms with Gasteiger partial charge in [0.25, 0.3) is 0 Å². The summed E-state index contributed by atoms with van der Waals surface area (Å²) in [6.07, 6.45) is 4.84. The lowest BCUT2D eigenvalue weighted by molar-refractivity contribution is 0.0209. The maximum absolute atomic E-state index is 6.06. The Bertz CT molecular complexity index is 386. The van der Waals surface area contributed by atoms with Crippen LogP contribution in [0.2, 0.25) is 0 Å². The van der Waals surface area contributed by atoms with E-state index in [9.17, 15) is 0 Å². The molecular weight excluding hydrogens is 242 g/mol. The van der Waals surface area contributed by atoms with Gasteiger partial charge < -0.3 is 19.9 Å². The molecule has 0 spiro atoms. The van der Waals surface area contributed by atoms with Crippen molar-refractivity contribution in [2.45, 2.75) is 44.4 Å². The van der Waals surface area contributed by atoms with E-state index in [1.54, 1.807) is 14.2 Å². The zero-order chi connectivity index (χ0) is 13.7. The van der Waals surface area contributed by atoms with Crippen molar-refractivity contribution in [2.75, 3.05) is 14.2 Å². The Morgan fingerprint density at radius 2 is 1.84 bits per heavy atom. The van der Waals surface area contributed by atoms with Gasteiger partial charge in [-0.1, -0.05) is 0 Å². The van der Waals surface area contributed by atoms with Gasteiger partial charge >= 0.3 is 0 Å². The van der Waals surface area contributed by atoms with Crippen LogP contribution in [-0.2, 0) is 11.3 Å². The zero-order valence-electron chi connectivity index (χ0n) is 11.7. The van der Waals surface area contributed by atoms with Crippen LogP contribution >= 0.6 is 0 Å². The van der Waals surface area contributed by atoms with Crippen molar-refractivity contribution in [3.63, 3.8) is 0 Å². The summed E-state index contributed by atoms with van der Waals surface area (Å²) < 4.78 is 16.7. The molecular formula is C15H23NO3. The molecule has 0 amide bonds. The fourth-order valence-electron chi connectivity index (χ4n) is 2.55. The van der Waals surface area contributed by atoms with E-state index in [-0.39, 0.29) is 6.10 Å². The van der Waals surface area contributed by atoms with Crippen molar-refractivity contribution in [2.24, 2.45) is 5.73 Å². The molecule has 106 valence electrons. The van der Waals surface area contributed by atoms with Crippen LogP contribution in [0.3, 0.4) is 0 Å². The highest BCUT2D eigenvalue weighted by molar-refractivity contribution is 5.38. The zero-order valence-corrected chi connectivity index (χ0v) is 11.7. The van der Waals surface area contributed by atoms with Gasteiger partial charge in [-0.25, -0.2) is 0 Å². The Kier molecular flexibility index (Phi) is 5.05. The summed E-state index contributed by atoms with van der Waals surface area (Å²) in [7, 11) is 3.42. The van der Waals surface area contributed by atoms with Crippen LogP contribution in [-0.4, -0.2) is 26.4 Å². The molecule has 4 nitrogen and oxygen atoms in total. The fraction of sp³-hybridized carbons (Fsp3) is 0.600. The molecule has 1 aliphatic rings. The SMILES string of the molecule is COc1cc(CN)cc(OC2CCCC(OC)C2)c1. The Labute approximate surface area is 114 Å². The number of benzene rings is 1. The summed E-state index contributed by atoms with van der Waals surface area (Å²) in [6, 6.07) is 5.83. The minimum absolute atomic E-state index is 0.219. The molecule has 0 aliphatic heterocycles. The van der Waals surface area contributed by atoms with Gasteiger partial charge in [0.15, 0.2) is 0 Å². The molecule has 0 radical (unpaired) electrons. The van der Waals surface area contributed by atoms with Crippen LogP contribution in [0.4, 0.5) is 0 Å². The van der Waals surface area contributed by atoms with Crippen molar-refractivity contribution in [1.29, 1.82) is 0 Å². The van der Waals surface area contributed by atoms with Crippen LogP contribution in [0, 0.1) is 0 Å². The highest BCUT2D eigenvalue weighted by Crippen LogP contribution is 2.28. The summed E-state index contributed by atoms with van der Waals surface area (Å²) in [6.45, 7) is 0.485. The summed E-state index contributed by atoms with van der Waals surface area (Å²) in [5.74, 6) is 1.62. The highest BCUT2D eigenvalue weighted by Gasteiger charge is 2.23. The van der Waals surface area contributed by atoms with E-state index in [0.29, 0.717) is 12.6 Å². The van der Waals surface area contributed by atoms with E-state index in [1.807, 2.05) is 18.2 Å². The molecule has 2 unspecified atom stereocenters. The van der Waals surface area contributed by atoms with E-state index >= 15 is 0 Å². The maximum Gasteiger partial charge on any atom is 0.123 e. The number of ether oxygens (including phenoxy) is 3. The topological polar surface area (TPSA) is 53.7 Å². The molecule has 4 heteroatoms. The van der Waals surface area contributed by atoms with E-state index in [2.05, 4.69) is 0 Å². The van der Waals surface area contributed by atoms with Gasteiger partial charge in [0.2, 0.25) is 0 Å². The molecule has 0 bridgehead atoms. The first kappa shape index (κ1) is 14.2. The quantitative estimate of drug-likeness (QED) is 0.888. The molecule has 1 saturated carbocycles. The lowest BCUT2D eigenvalue weighted by Gasteiger charge is -2.28. The van der Waals surface area contributed by atoms with Crippen LogP contribution in [0.15, 0.2) is 18.2 Å². The molecule has 2 rings (SSSR count). The lowest BCUT2D eigenvalue weighted by atomic mass is 9.95. The first-order valence-electron chi connectivity index (χ1n) is 6.82. The molecule has 0 saturated heterocycles. The number of nitrogens with two attached hydrogens (primary N) is 1. The minimum Gasteiger partial charge on any atom is -0.497 e. The molecule has 1 aromatic rings. The molecule has 0 aromatic heterocycles. The Balaban J connectivity index is 2.05. The first-order valence-corrected chi connectivity index (χ1v) is 6.82. The van der Waals surface area contributed by atoms with E-state index in [1.165, 1.54) is 0 Å². The van der Waals surface area contributed by atoms with Crippen LogP contribution in [0.1, 0.15) is 31.2 Å². The average molecular weight is 265 g/mol. The molecule has 1 aliphatic carbocycles. The Morgan fingerprint density at radius 1 is 1.11 bits per heavy atom. The summed E-state index contributed by atoms with van der Waals surface area (Å²) >= 11 is 0. The average Bonchev–Trinajstić information content (AvgIpc) is 2.47. The molecule has 1 aromatic carbocycles. The second-order valence-corrected chi connectivity index (χ2v) is 4.99.